The first kappa shape index (κ1) is 25.1. The summed E-state index contributed by atoms with van der Waals surface area (Å²) in [5, 5.41) is 12.7. The summed E-state index contributed by atoms with van der Waals surface area (Å²) in [4.78, 5) is 33.7. The van der Waals surface area contributed by atoms with E-state index in [-0.39, 0.29) is 24.6 Å². The van der Waals surface area contributed by atoms with Crippen LogP contribution in [0.25, 0.3) is 0 Å². The van der Waals surface area contributed by atoms with Crippen molar-refractivity contribution in [3.63, 3.8) is 0 Å². The molecule has 0 aliphatic carbocycles. The van der Waals surface area contributed by atoms with Crippen LogP contribution in [0.2, 0.25) is 0 Å². The van der Waals surface area contributed by atoms with Crippen molar-refractivity contribution in [2.75, 3.05) is 7.11 Å². The summed E-state index contributed by atoms with van der Waals surface area (Å²) in [5.74, 6) is 0.161. The van der Waals surface area contributed by atoms with Crippen molar-refractivity contribution in [3.05, 3.63) is 109 Å². The fraction of sp³-hybridized carbons (Fsp3) is 0.138. The lowest BCUT2D eigenvalue weighted by molar-refractivity contribution is -0.137. The minimum absolute atomic E-state index is 0.0240. The molecular weight excluding hydrogens is 471 g/mol. The maximum absolute atomic E-state index is 13.8. The Bertz CT molecular complexity index is 1260. The minimum Gasteiger partial charge on any atom is -0.481 e. The molecule has 1 heterocycles. The van der Waals surface area contributed by atoms with Crippen molar-refractivity contribution < 1.29 is 19.4 Å². The molecule has 4 rings (SSSR count). The number of aliphatic carboxylic acids is 1. The lowest BCUT2D eigenvalue weighted by Crippen LogP contribution is -2.29. The molecule has 182 valence electrons. The molecule has 0 fully saturated rings. The molecule has 3 aromatic carbocycles. The number of carboxylic acids is 1. The molecule has 4 aromatic rings. The van der Waals surface area contributed by atoms with Gasteiger partial charge in [-0.2, -0.15) is 0 Å². The number of Topliss-reactive ketones (excluding diaryl/α,β-unsaturated/α-hetero) is 1. The minimum atomic E-state index is -2.48. The van der Waals surface area contributed by atoms with Crippen molar-refractivity contribution in [3.8, 4) is 6.01 Å². The van der Waals surface area contributed by atoms with Crippen LogP contribution >= 0.6 is 6.89 Å². The van der Waals surface area contributed by atoms with Gasteiger partial charge in [0.15, 0.2) is 5.78 Å². The molecule has 0 saturated carbocycles. The van der Waals surface area contributed by atoms with Crippen LogP contribution in [0.5, 0.6) is 6.01 Å². The number of ether oxygens (including phenoxy) is 1. The van der Waals surface area contributed by atoms with E-state index < -0.39 is 18.8 Å². The van der Waals surface area contributed by atoms with Crippen LogP contribution in [0.3, 0.4) is 0 Å². The lowest BCUT2D eigenvalue weighted by atomic mass is 9.93. The van der Waals surface area contributed by atoms with E-state index in [0.29, 0.717) is 5.56 Å². The highest BCUT2D eigenvalue weighted by atomic mass is 31.2. The van der Waals surface area contributed by atoms with Gasteiger partial charge >= 0.3 is 12.0 Å². The summed E-state index contributed by atoms with van der Waals surface area (Å²) in [6, 6.07) is 30.3. The van der Waals surface area contributed by atoms with Gasteiger partial charge < -0.3 is 9.84 Å². The van der Waals surface area contributed by atoms with E-state index in [0.717, 1.165) is 15.9 Å². The van der Waals surface area contributed by atoms with E-state index >= 15 is 0 Å². The van der Waals surface area contributed by atoms with Crippen LogP contribution < -0.4 is 20.7 Å². The number of aromatic nitrogens is 2. The number of methoxy groups -OCH3 is 1. The number of carbonyl (C=O) groups excluding carboxylic acids is 1. The average Bonchev–Trinajstić information content (AvgIpc) is 2.92. The van der Waals surface area contributed by atoms with Crippen LogP contribution in [0.15, 0.2) is 103 Å². The second kappa shape index (κ2) is 11.6. The highest BCUT2D eigenvalue weighted by molar-refractivity contribution is 7.95. The van der Waals surface area contributed by atoms with Crippen LogP contribution in [-0.2, 0) is 9.59 Å². The molecule has 36 heavy (non-hydrogen) atoms. The van der Waals surface area contributed by atoms with Gasteiger partial charge in [0.1, 0.15) is 0 Å². The lowest BCUT2D eigenvalue weighted by Gasteiger charge is -2.28. The van der Waals surface area contributed by atoms with Gasteiger partial charge in [0.05, 0.1) is 13.5 Å². The Morgan fingerprint density at radius 3 is 1.64 bits per heavy atom. The zero-order valence-electron chi connectivity index (χ0n) is 19.9. The molecule has 0 bridgehead atoms. The molecule has 1 N–H and O–H groups in total. The Labute approximate surface area is 210 Å². The standard InChI is InChI=1S/C29H27N2O4P/c1-35-29-30-19-23(20-31-29)22(18-28(33)34)17-24(32)21-36(25-11-5-2-6-12-25,26-13-7-3-8-14-26)27-15-9-4-10-16-27/h2-16,19-22H,17-18H2,1H3,(H,33,34)/t22-/m0/s1. The average molecular weight is 499 g/mol. The molecular formula is C29H27N2O4P. The molecule has 0 spiro atoms. The highest BCUT2D eigenvalue weighted by Gasteiger charge is 2.28. The largest absolute Gasteiger partial charge is 0.481 e. The monoisotopic (exact) mass is 498 g/mol. The second-order valence-corrected chi connectivity index (χ2v) is 11.6. The fourth-order valence-electron chi connectivity index (χ4n) is 4.33. The first-order valence-corrected chi connectivity index (χ1v) is 13.4. The maximum Gasteiger partial charge on any atom is 0.316 e. The molecule has 0 aliphatic heterocycles. The zero-order chi connectivity index (χ0) is 25.4. The van der Waals surface area contributed by atoms with Crippen LogP contribution in [0, 0.1) is 0 Å². The number of benzene rings is 3. The predicted octanol–water partition coefficient (Wildman–Crippen LogP) is 3.80. The molecule has 0 unspecified atom stereocenters. The number of hydrogen-bond acceptors (Lipinski definition) is 5. The summed E-state index contributed by atoms with van der Waals surface area (Å²) in [5.41, 5.74) is 0.586. The predicted molar refractivity (Wildman–Crippen MR) is 144 cm³/mol. The smallest absolute Gasteiger partial charge is 0.316 e. The third-order valence-corrected chi connectivity index (χ3v) is 10.0. The molecule has 1 atom stereocenters. The van der Waals surface area contributed by atoms with Gasteiger partial charge in [-0.1, -0.05) is 91.0 Å². The number of carboxylic acid groups (broad SMARTS) is 1. The van der Waals surface area contributed by atoms with E-state index in [1.165, 1.54) is 19.5 Å². The second-order valence-electron chi connectivity index (χ2n) is 8.33. The quantitative estimate of drug-likeness (QED) is 0.335. The number of ketones is 1. The Balaban J connectivity index is 1.86. The number of hydrogen-bond donors (Lipinski definition) is 1. The molecule has 0 amide bonds. The van der Waals surface area contributed by atoms with Crippen molar-refractivity contribution in [1.29, 1.82) is 0 Å². The fourth-order valence-corrected chi connectivity index (χ4v) is 8.14. The van der Waals surface area contributed by atoms with Gasteiger partial charge in [0.2, 0.25) is 0 Å². The molecule has 0 saturated heterocycles. The molecule has 0 radical (unpaired) electrons. The van der Waals surface area contributed by atoms with Crippen molar-refractivity contribution >= 4 is 40.3 Å². The molecule has 1 aromatic heterocycles. The zero-order valence-corrected chi connectivity index (χ0v) is 20.8. The van der Waals surface area contributed by atoms with Gasteiger partial charge in [-0.3, -0.25) is 9.59 Å². The van der Waals surface area contributed by atoms with Crippen LogP contribution in [-0.4, -0.2) is 39.7 Å². The number of rotatable bonds is 10. The summed E-state index contributed by atoms with van der Waals surface area (Å²) in [7, 11) is 1.46. The number of carbonyl (C=O) groups is 2. The van der Waals surface area contributed by atoms with E-state index in [1.807, 2.05) is 60.4 Å². The summed E-state index contributed by atoms with van der Waals surface area (Å²) in [6.07, 6.45) is 2.88. The van der Waals surface area contributed by atoms with E-state index in [4.69, 9.17) is 4.74 Å². The third kappa shape index (κ3) is 5.61. The van der Waals surface area contributed by atoms with Crippen LogP contribution in [0.1, 0.15) is 24.3 Å². The van der Waals surface area contributed by atoms with Gasteiger partial charge in [-0.25, -0.2) is 9.97 Å². The topological polar surface area (TPSA) is 89.4 Å². The van der Waals surface area contributed by atoms with Gasteiger partial charge in [0.25, 0.3) is 0 Å². The van der Waals surface area contributed by atoms with E-state index in [9.17, 15) is 14.7 Å². The first-order chi connectivity index (χ1) is 17.5. The Morgan fingerprint density at radius 2 is 1.25 bits per heavy atom. The van der Waals surface area contributed by atoms with E-state index in [1.54, 1.807) is 0 Å². The van der Waals surface area contributed by atoms with E-state index in [2.05, 4.69) is 46.4 Å². The molecule has 6 nitrogen and oxygen atoms in total. The van der Waals surface area contributed by atoms with Crippen molar-refractivity contribution in [1.82, 2.24) is 9.97 Å². The summed E-state index contributed by atoms with van der Waals surface area (Å²) < 4.78 is 5.02. The summed E-state index contributed by atoms with van der Waals surface area (Å²) in [6.45, 7) is -2.48. The Hall–Kier alpha value is -4.02. The first-order valence-electron chi connectivity index (χ1n) is 11.5. The van der Waals surface area contributed by atoms with Crippen LogP contribution in [0.4, 0.5) is 0 Å². The van der Waals surface area contributed by atoms with Crippen molar-refractivity contribution in [2.45, 2.75) is 18.8 Å². The normalized spacial score (nSPS) is 11.9. The Kier molecular flexibility index (Phi) is 8.09. The third-order valence-electron chi connectivity index (χ3n) is 6.00. The molecule has 0 aliphatic rings. The number of nitrogens with zero attached hydrogens (tertiary/aromatic N) is 2. The SMILES string of the molecule is COc1ncc([C@H](CC(=O)O)CC(=O)C=P(c2ccccc2)(c2ccccc2)c2ccccc2)cn1. The highest BCUT2D eigenvalue weighted by Crippen LogP contribution is 2.44. The Morgan fingerprint density at radius 1 is 0.806 bits per heavy atom. The van der Waals surface area contributed by atoms with Gasteiger partial charge in [0, 0.05) is 24.7 Å². The summed E-state index contributed by atoms with van der Waals surface area (Å²) >= 11 is 0. The van der Waals surface area contributed by atoms with Gasteiger partial charge in [-0.05, 0) is 34.2 Å². The maximum atomic E-state index is 13.8. The van der Waals surface area contributed by atoms with Crippen molar-refractivity contribution in [2.24, 2.45) is 0 Å². The molecule has 7 heteroatoms. The van der Waals surface area contributed by atoms with Gasteiger partial charge in [-0.15, -0.1) is 0 Å².